The van der Waals surface area contributed by atoms with Crippen LogP contribution in [0.4, 0.5) is 10.8 Å². The van der Waals surface area contributed by atoms with Crippen molar-refractivity contribution < 1.29 is 13.2 Å². The lowest BCUT2D eigenvalue weighted by atomic mass is 10.1. The number of thiazole rings is 1. The number of carbonyl (C=O) groups excluding carboxylic acids is 1. The lowest BCUT2D eigenvalue weighted by Gasteiger charge is -2.24. The van der Waals surface area contributed by atoms with Crippen LogP contribution in [-0.2, 0) is 16.4 Å². The van der Waals surface area contributed by atoms with E-state index in [-0.39, 0.29) is 16.5 Å². The quantitative estimate of drug-likeness (QED) is 0.455. The normalized spacial score (nSPS) is 15.3. The summed E-state index contributed by atoms with van der Waals surface area (Å²) in [5, 5.41) is 5.02. The predicted molar refractivity (Wildman–Crippen MR) is 129 cm³/mol. The predicted octanol–water partition coefficient (Wildman–Crippen LogP) is 4.60. The molecule has 0 radical (unpaired) electrons. The minimum atomic E-state index is -3.83. The van der Waals surface area contributed by atoms with Crippen LogP contribution in [0.15, 0.2) is 83.3 Å². The molecule has 1 amide bonds. The van der Waals surface area contributed by atoms with Crippen molar-refractivity contribution >= 4 is 38.1 Å². The lowest BCUT2D eigenvalue weighted by Crippen LogP contribution is -2.35. The van der Waals surface area contributed by atoms with Crippen molar-refractivity contribution in [3.05, 3.63) is 89.6 Å². The number of fused-ring (bicyclic) bond motifs is 1. The molecule has 2 aromatic carbocycles. The van der Waals surface area contributed by atoms with E-state index in [0.717, 1.165) is 11.1 Å². The van der Waals surface area contributed by atoms with Crippen molar-refractivity contribution in [2.24, 2.45) is 0 Å². The van der Waals surface area contributed by atoms with Gasteiger partial charge < -0.3 is 0 Å². The molecule has 0 fully saturated rings. The molecule has 0 saturated carbocycles. The number of pyridine rings is 1. The molecule has 4 aromatic rings. The molecular formula is C24H20N4O3S2. The Morgan fingerprint density at radius 1 is 1.12 bits per heavy atom. The number of carbonyl (C=O) groups is 1. The van der Waals surface area contributed by atoms with Crippen LogP contribution in [0, 0.1) is 0 Å². The van der Waals surface area contributed by atoms with Crippen LogP contribution in [0.1, 0.15) is 22.8 Å². The average Bonchev–Trinajstić information content (AvgIpc) is 3.43. The van der Waals surface area contributed by atoms with Gasteiger partial charge in [-0.1, -0.05) is 24.3 Å². The zero-order chi connectivity index (χ0) is 23.0. The van der Waals surface area contributed by atoms with Gasteiger partial charge in [0.05, 0.1) is 16.3 Å². The van der Waals surface area contributed by atoms with Gasteiger partial charge in [0.15, 0.2) is 5.13 Å². The number of para-hydroxylation sites is 1. The maximum atomic E-state index is 13.5. The third-order valence-corrected chi connectivity index (χ3v) is 8.16. The first-order valence-corrected chi connectivity index (χ1v) is 12.6. The van der Waals surface area contributed by atoms with Crippen LogP contribution in [-0.4, -0.2) is 30.3 Å². The molecule has 33 heavy (non-hydrogen) atoms. The second kappa shape index (κ2) is 8.42. The van der Waals surface area contributed by atoms with Crippen molar-refractivity contribution in [2.75, 3.05) is 9.62 Å². The molecule has 1 N–H and O–H groups in total. The fraction of sp³-hybridized carbons (Fsp3) is 0.125. The van der Waals surface area contributed by atoms with Crippen LogP contribution >= 0.6 is 11.3 Å². The standard InChI is InChI=1S/C24H20N4O3S2/c1-16-12-17-6-2-3-10-22(17)28(16)33(30,31)20-9-4-7-18(13-20)23(29)27-24-26-21(15-32-24)19-8-5-11-25-14-19/h2-11,13-16H,12H2,1H3,(H,26,27,29)/t16-/m1/s1. The lowest BCUT2D eigenvalue weighted by molar-refractivity contribution is 0.102. The van der Waals surface area contributed by atoms with Crippen LogP contribution in [0.25, 0.3) is 11.3 Å². The smallest absolute Gasteiger partial charge is 0.264 e. The van der Waals surface area contributed by atoms with Gasteiger partial charge in [-0.2, -0.15) is 0 Å². The summed E-state index contributed by atoms with van der Waals surface area (Å²) in [6.45, 7) is 1.89. The molecule has 0 saturated heterocycles. The number of nitrogens with one attached hydrogen (secondary N) is 1. The van der Waals surface area contributed by atoms with Crippen molar-refractivity contribution in [3.63, 3.8) is 0 Å². The van der Waals surface area contributed by atoms with E-state index in [1.54, 1.807) is 24.5 Å². The summed E-state index contributed by atoms with van der Waals surface area (Å²) in [6.07, 6.45) is 4.03. The minimum Gasteiger partial charge on any atom is -0.298 e. The van der Waals surface area contributed by atoms with Gasteiger partial charge in [0.25, 0.3) is 15.9 Å². The highest BCUT2D eigenvalue weighted by atomic mass is 32.2. The molecule has 2 aromatic heterocycles. The highest BCUT2D eigenvalue weighted by molar-refractivity contribution is 7.92. The van der Waals surface area contributed by atoms with Gasteiger partial charge in [-0.3, -0.25) is 19.4 Å². The third kappa shape index (κ3) is 4.01. The van der Waals surface area contributed by atoms with Gasteiger partial charge in [0, 0.05) is 34.9 Å². The zero-order valence-corrected chi connectivity index (χ0v) is 19.3. The zero-order valence-electron chi connectivity index (χ0n) is 17.7. The summed E-state index contributed by atoms with van der Waals surface area (Å²) in [6, 6.07) is 17.1. The Morgan fingerprint density at radius 3 is 2.79 bits per heavy atom. The molecular weight excluding hydrogens is 456 g/mol. The summed E-state index contributed by atoms with van der Waals surface area (Å²) in [5.41, 5.74) is 3.49. The number of anilines is 2. The summed E-state index contributed by atoms with van der Waals surface area (Å²) >= 11 is 1.29. The molecule has 0 aliphatic carbocycles. The molecule has 0 bridgehead atoms. The summed E-state index contributed by atoms with van der Waals surface area (Å²) in [7, 11) is -3.83. The maximum absolute atomic E-state index is 13.5. The van der Waals surface area contributed by atoms with Crippen LogP contribution < -0.4 is 9.62 Å². The minimum absolute atomic E-state index is 0.0777. The van der Waals surface area contributed by atoms with E-state index < -0.39 is 15.9 Å². The van der Waals surface area contributed by atoms with E-state index in [4.69, 9.17) is 0 Å². The Balaban J connectivity index is 1.39. The van der Waals surface area contributed by atoms with Gasteiger partial charge in [-0.05, 0) is 55.3 Å². The summed E-state index contributed by atoms with van der Waals surface area (Å²) in [4.78, 5) is 21.5. The molecule has 1 aliphatic heterocycles. The monoisotopic (exact) mass is 476 g/mol. The Bertz CT molecular complexity index is 1430. The molecule has 7 nitrogen and oxygen atoms in total. The molecule has 1 atom stereocenters. The fourth-order valence-corrected chi connectivity index (χ4v) is 6.42. The second-order valence-electron chi connectivity index (χ2n) is 7.74. The maximum Gasteiger partial charge on any atom is 0.264 e. The molecule has 9 heteroatoms. The van der Waals surface area contributed by atoms with E-state index in [0.29, 0.717) is 22.9 Å². The summed E-state index contributed by atoms with van der Waals surface area (Å²) < 4.78 is 28.4. The number of benzene rings is 2. The number of nitrogens with zero attached hydrogens (tertiary/aromatic N) is 3. The number of hydrogen-bond acceptors (Lipinski definition) is 6. The van der Waals surface area contributed by atoms with E-state index >= 15 is 0 Å². The fourth-order valence-electron chi connectivity index (χ4n) is 3.96. The Hall–Kier alpha value is -3.56. The molecule has 0 unspecified atom stereocenters. The van der Waals surface area contributed by atoms with E-state index in [1.807, 2.05) is 48.7 Å². The van der Waals surface area contributed by atoms with Gasteiger partial charge in [-0.15, -0.1) is 11.3 Å². The molecule has 1 aliphatic rings. The van der Waals surface area contributed by atoms with Gasteiger partial charge >= 0.3 is 0 Å². The number of hydrogen-bond donors (Lipinski definition) is 1. The Labute approximate surface area is 195 Å². The van der Waals surface area contributed by atoms with Crippen LogP contribution in [0.3, 0.4) is 0 Å². The number of sulfonamides is 1. The van der Waals surface area contributed by atoms with Crippen molar-refractivity contribution in [2.45, 2.75) is 24.3 Å². The average molecular weight is 477 g/mol. The van der Waals surface area contributed by atoms with Crippen molar-refractivity contribution in [3.8, 4) is 11.3 Å². The Morgan fingerprint density at radius 2 is 1.97 bits per heavy atom. The van der Waals surface area contributed by atoms with Gasteiger partial charge in [0.2, 0.25) is 0 Å². The third-order valence-electron chi connectivity index (χ3n) is 5.48. The second-order valence-corrected chi connectivity index (χ2v) is 10.4. The molecule has 3 heterocycles. The molecule has 5 rings (SSSR count). The Kier molecular flexibility index (Phi) is 5.43. The highest BCUT2D eigenvalue weighted by Gasteiger charge is 2.36. The van der Waals surface area contributed by atoms with Gasteiger partial charge in [0.1, 0.15) is 0 Å². The number of amides is 1. The molecule has 0 spiro atoms. The van der Waals surface area contributed by atoms with Gasteiger partial charge in [-0.25, -0.2) is 13.4 Å². The highest BCUT2D eigenvalue weighted by Crippen LogP contribution is 2.36. The first-order valence-electron chi connectivity index (χ1n) is 10.3. The first kappa shape index (κ1) is 21.3. The van der Waals surface area contributed by atoms with Crippen LogP contribution in [0.5, 0.6) is 0 Å². The van der Waals surface area contributed by atoms with E-state index in [9.17, 15) is 13.2 Å². The van der Waals surface area contributed by atoms with Crippen molar-refractivity contribution in [1.82, 2.24) is 9.97 Å². The number of aromatic nitrogens is 2. The number of rotatable bonds is 5. The van der Waals surface area contributed by atoms with E-state index in [1.165, 1.54) is 27.8 Å². The SMILES string of the molecule is C[C@@H]1Cc2ccccc2N1S(=O)(=O)c1cccc(C(=O)Nc2nc(-c3cccnc3)cs2)c1. The largest absolute Gasteiger partial charge is 0.298 e. The van der Waals surface area contributed by atoms with Crippen molar-refractivity contribution in [1.29, 1.82) is 0 Å². The summed E-state index contributed by atoms with van der Waals surface area (Å²) in [5.74, 6) is -0.422. The molecule has 166 valence electrons. The van der Waals surface area contributed by atoms with Crippen LogP contribution in [0.2, 0.25) is 0 Å². The van der Waals surface area contributed by atoms with E-state index in [2.05, 4.69) is 15.3 Å². The first-order chi connectivity index (χ1) is 15.9. The topological polar surface area (TPSA) is 92.3 Å².